The lowest BCUT2D eigenvalue weighted by atomic mass is 10.0. The first kappa shape index (κ1) is 17.3. The van der Waals surface area contributed by atoms with Crippen LogP contribution in [0.5, 0.6) is 0 Å². The monoisotopic (exact) mass is 348 g/mol. The van der Waals surface area contributed by atoms with Crippen molar-refractivity contribution in [3.63, 3.8) is 0 Å². The number of thioether (sulfide) groups is 1. The van der Waals surface area contributed by atoms with E-state index in [1.54, 1.807) is 18.9 Å². The highest BCUT2D eigenvalue weighted by atomic mass is 32.2. The van der Waals surface area contributed by atoms with Crippen LogP contribution in [0.2, 0.25) is 0 Å². The number of benzene rings is 1. The number of hydrogen-bond donors (Lipinski definition) is 0. The quantitative estimate of drug-likeness (QED) is 0.814. The molecule has 1 spiro atoms. The molecule has 1 aromatic carbocycles. The maximum absolute atomic E-state index is 12.4. The summed E-state index contributed by atoms with van der Waals surface area (Å²) in [6, 6.07) is 10.3. The van der Waals surface area contributed by atoms with Crippen molar-refractivity contribution in [2.45, 2.75) is 24.1 Å². The molecule has 5 nitrogen and oxygen atoms in total. The molecule has 2 aliphatic heterocycles. The van der Waals surface area contributed by atoms with Crippen LogP contribution in [-0.4, -0.2) is 65.6 Å². The van der Waals surface area contributed by atoms with Gasteiger partial charge in [-0.25, -0.2) is 0 Å². The van der Waals surface area contributed by atoms with Crippen LogP contribution in [0.4, 0.5) is 0 Å². The molecule has 2 aliphatic rings. The van der Waals surface area contributed by atoms with Gasteiger partial charge in [0.15, 0.2) is 0 Å². The van der Waals surface area contributed by atoms with Gasteiger partial charge in [0.25, 0.3) is 0 Å². The van der Waals surface area contributed by atoms with E-state index in [0.29, 0.717) is 18.8 Å². The number of carbonyl (C=O) groups excluding carboxylic acids is 2. The van der Waals surface area contributed by atoms with Crippen molar-refractivity contribution in [3.05, 3.63) is 35.9 Å². The molecule has 2 heterocycles. The van der Waals surface area contributed by atoms with E-state index in [4.69, 9.17) is 4.74 Å². The summed E-state index contributed by atoms with van der Waals surface area (Å²) in [6.45, 7) is 2.28. The molecule has 0 radical (unpaired) electrons. The van der Waals surface area contributed by atoms with Gasteiger partial charge in [0, 0.05) is 26.7 Å². The average molecular weight is 348 g/mol. The van der Waals surface area contributed by atoms with Crippen molar-refractivity contribution in [2.24, 2.45) is 0 Å². The number of hydrogen-bond acceptors (Lipinski definition) is 4. The third-order valence-electron chi connectivity index (χ3n) is 4.89. The molecule has 1 aromatic rings. The zero-order chi connectivity index (χ0) is 17.0. The summed E-state index contributed by atoms with van der Waals surface area (Å²) in [7, 11) is 1.54. The highest BCUT2D eigenvalue weighted by Crippen LogP contribution is 2.44. The van der Waals surface area contributed by atoms with Crippen molar-refractivity contribution in [1.82, 2.24) is 9.80 Å². The smallest absolute Gasteiger partial charge is 0.248 e. The molecule has 0 saturated carbocycles. The summed E-state index contributed by atoms with van der Waals surface area (Å²) in [5.74, 6) is 0.825. The SMILES string of the molecule is COCC(=O)N1CCC2(CC1)SCC(=O)N2CCc1ccccc1. The molecule has 0 aromatic heterocycles. The number of nitrogens with zero attached hydrogens (tertiary/aromatic N) is 2. The molecule has 3 rings (SSSR count). The molecule has 2 amide bonds. The van der Waals surface area contributed by atoms with Gasteiger partial charge in [0.2, 0.25) is 11.8 Å². The van der Waals surface area contributed by atoms with E-state index in [1.807, 2.05) is 23.1 Å². The van der Waals surface area contributed by atoms with E-state index < -0.39 is 0 Å². The number of amides is 2. The highest BCUT2D eigenvalue weighted by Gasteiger charge is 2.47. The number of carbonyl (C=O) groups is 2. The second kappa shape index (κ2) is 7.57. The van der Waals surface area contributed by atoms with Crippen molar-refractivity contribution < 1.29 is 14.3 Å². The number of likely N-dealkylation sites (tertiary alicyclic amines) is 1. The van der Waals surface area contributed by atoms with Crippen LogP contribution in [-0.2, 0) is 20.7 Å². The van der Waals surface area contributed by atoms with Gasteiger partial charge in [-0.3, -0.25) is 9.59 Å². The molecule has 6 heteroatoms. The molecule has 2 saturated heterocycles. The molecule has 0 aliphatic carbocycles. The summed E-state index contributed by atoms with van der Waals surface area (Å²) < 4.78 is 4.94. The Morgan fingerprint density at radius 1 is 1.25 bits per heavy atom. The van der Waals surface area contributed by atoms with Crippen LogP contribution in [0, 0.1) is 0 Å². The lowest BCUT2D eigenvalue weighted by molar-refractivity contribution is -0.138. The molecule has 0 N–H and O–H groups in total. The van der Waals surface area contributed by atoms with Gasteiger partial charge in [0.05, 0.1) is 10.6 Å². The minimum atomic E-state index is -0.129. The van der Waals surface area contributed by atoms with E-state index in [2.05, 4.69) is 17.0 Å². The van der Waals surface area contributed by atoms with E-state index in [-0.39, 0.29) is 23.3 Å². The highest BCUT2D eigenvalue weighted by molar-refractivity contribution is 8.01. The van der Waals surface area contributed by atoms with Crippen molar-refractivity contribution >= 4 is 23.6 Å². The standard InChI is InChI=1S/C18H24N2O3S/c1-23-13-16(21)19-11-8-18(9-12-19)20(17(22)14-24-18)10-7-15-5-3-2-4-6-15/h2-6H,7-14H2,1H3. The summed E-state index contributed by atoms with van der Waals surface area (Å²) in [4.78, 5) is 28.1. The Morgan fingerprint density at radius 2 is 1.96 bits per heavy atom. The van der Waals surface area contributed by atoms with Gasteiger partial charge in [0.1, 0.15) is 6.61 Å². The number of rotatable bonds is 5. The first-order valence-electron chi connectivity index (χ1n) is 8.40. The predicted octanol–water partition coefficient (Wildman–Crippen LogP) is 1.77. The van der Waals surface area contributed by atoms with E-state index in [9.17, 15) is 9.59 Å². The van der Waals surface area contributed by atoms with Crippen molar-refractivity contribution in [1.29, 1.82) is 0 Å². The lowest BCUT2D eigenvalue weighted by Gasteiger charge is -2.44. The molecule has 2 fully saturated rings. The predicted molar refractivity (Wildman–Crippen MR) is 94.7 cm³/mol. The molecular formula is C18H24N2O3S. The number of methoxy groups -OCH3 is 1. The third kappa shape index (κ3) is 3.59. The maximum Gasteiger partial charge on any atom is 0.248 e. The fourth-order valence-electron chi connectivity index (χ4n) is 3.53. The fraction of sp³-hybridized carbons (Fsp3) is 0.556. The minimum Gasteiger partial charge on any atom is -0.375 e. The van der Waals surface area contributed by atoms with Gasteiger partial charge in [-0.15, -0.1) is 11.8 Å². The van der Waals surface area contributed by atoms with Gasteiger partial charge in [-0.05, 0) is 24.8 Å². The second-order valence-electron chi connectivity index (χ2n) is 6.33. The first-order chi connectivity index (χ1) is 11.6. The van der Waals surface area contributed by atoms with Crippen LogP contribution < -0.4 is 0 Å². The van der Waals surface area contributed by atoms with Crippen molar-refractivity contribution in [3.8, 4) is 0 Å². The van der Waals surface area contributed by atoms with E-state index >= 15 is 0 Å². The third-order valence-corrected chi connectivity index (χ3v) is 6.45. The molecule has 130 valence electrons. The normalized spacial score (nSPS) is 20.0. The Bertz CT molecular complexity index is 585. The van der Waals surface area contributed by atoms with E-state index in [1.165, 1.54) is 5.56 Å². The second-order valence-corrected chi connectivity index (χ2v) is 7.67. The van der Waals surface area contributed by atoms with Gasteiger partial charge in [-0.2, -0.15) is 0 Å². The van der Waals surface area contributed by atoms with Gasteiger partial charge < -0.3 is 14.5 Å². The average Bonchev–Trinajstić information content (AvgIpc) is 2.90. The van der Waals surface area contributed by atoms with Crippen LogP contribution in [0.1, 0.15) is 18.4 Å². The van der Waals surface area contributed by atoms with E-state index in [0.717, 1.165) is 25.8 Å². The summed E-state index contributed by atoms with van der Waals surface area (Å²) >= 11 is 1.75. The van der Waals surface area contributed by atoms with Gasteiger partial charge >= 0.3 is 0 Å². The van der Waals surface area contributed by atoms with Crippen LogP contribution in [0.3, 0.4) is 0 Å². The summed E-state index contributed by atoms with van der Waals surface area (Å²) in [6.07, 6.45) is 2.56. The zero-order valence-corrected chi connectivity index (χ0v) is 14.9. The Morgan fingerprint density at radius 3 is 2.62 bits per heavy atom. The summed E-state index contributed by atoms with van der Waals surface area (Å²) in [5.41, 5.74) is 1.25. The Labute approximate surface area is 147 Å². The molecular weight excluding hydrogens is 324 g/mol. The largest absolute Gasteiger partial charge is 0.375 e. The molecule has 0 atom stereocenters. The van der Waals surface area contributed by atoms with Crippen LogP contribution in [0.15, 0.2) is 30.3 Å². The Kier molecular flexibility index (Phi) is 5.46. The Balaban J connectivity index is 1.62. The zero-order valence-electron chi connectivity index (χ0n) is 14.1. The summed E-state index contributed by atoms with van der Waals surface area (Å²) in [5, 5.41) is 0. The van der Waals surface area contributed by atoms with Gasteiger partial charge in [-0.1, -0.05) is 30.3 Å². The first-order valence-corrected chi connectivity index (χ1v) is 9.38. The lowest BCUT2D eigenvalue weighted by Crippen LogP contribution is -2.53. The molecule has 0 bridgehead atoms. The van der Waals surface area contributed by atoms with Crippen LogP contribution in [0.25, 0.3) is 0 Å². The topological polar surface area (TPSA) is 49.9 Å². The number of piperidine rings is 1. The molecule has 24 heavy (non-hydrogen) atoms. The maximum atomic E-state index is 12.4. The van der Waals surface area contributed by atoms with Crippen LogP contribution >= 0.6 is 11.8 Å². The van der Waals surface area contributed by atoms with Crippen molar-refractivity contribution in [2.75, 3.05) is 39.1 Å². The minimum absolute atomic E-state index is 0.0394. The Hall–Kier alpha value is -1.53. The molecule has 0 unspecified atom stereocenters. The fourth-order valence-corrected chi connectivity index (χ4v) is 4.90. The number of ether oxygens (including phenoxy) is 1.